The molecule has 1 aromatic carbocycles. The van der Waals surface area contributed by atoms with E-state index in [1.807, 2.05) is 4.90 Å². The molecule has 3 aliphatic rings. The molecule has 2 unspecified atom stereocenters. The van der Waals surface area contributed by atoms with E-state index in [0.29, 0.717) is 44.8 Å². The highest BCUT2D eigenvalue weighted by molar-refractivity contribution is 5.77. The number of ether oxygens (including phenoxy) is 2. The van der Waals surface area contributed by atoms with Crippen LogP contribution in [0.2, 0.25) is 0 Å². The normalized spacial score (nSPS) is 23.1. The van der Waals surface area contributed by atoms with Gasteiger partial charge in [0, 0.05) is 49.8 Å². The quantitative estimate of drug-likeness (QED) is 0.619. The molecule has 0 aromatic heterocycles. The highest BCUT2D eigenvalue weighted by Gasteiger charge is 2.42. The lowest BCUT2D eigenvalue weighted by molar-refractivity contribution is -0.274. The van der Waals surface area contributed by atoms with Gasteiger partial charge < -0.3 is 29.7 Å². The van der Waals surface area contributed by atoms with Crippen LogP contribution in [0.15, 0.2) is 23.2 Å². The molecule has 2 heterocycles. The first-order valence-electron chi connectivity index (χ1n) is 10.9. The van der Waals surface area contributed by atoms with E-state index in [1.165, 1.54) is 0 Å². The zero-order chi connectivity index (χ0) is 23.6. The van der Waals surface area contributed by atoms with Gasteiger partial charge in [-0.25, -0.2) is 14.2 Å². The van der Waals surface area contributed by atoms with E-state index in [2.05, 4.69) is 15.0 Å². The SMILES string of the molecule is O=C(NCc1ccc(OC(F)(F)F)cc1F)N(C1CC1)C1CC(CO)CN(C2=NCCO2)C1. The van der Waals surface area contributed by atoms with Crippen molar-refractivity contribution >= 4 is 12.1 Å². The Morgan fingerprint density at radius 1 is 1.30 bits per heavy atom. The van der Waals surface area contributed by atoms with Gasteiger partial charge in [0.25, 0.3) is 6.02 Å². The fourth-order valence-corrected chi connectivity index (χ4v) is 4.29. The van der Waals surface area contributed by atoms with E-state index in [4.69, 9.17) is 4.74 Å². The Kier molecular flexibility index (Phi) is 6.82. The largest absolute Gasteiger partial charge is 0.573 e. The molecule has 2 amide bonds. The van der Waals surface area contributed by atoms with Crippen molar-refractivity contribution in [2.75, 3.05) is 32.8 Å². The van der Waals surface area contributed by atoms with Gasteiger partial charge in [-0.2, -0.15) is 0 Å². The number of rotatable bonds is 6. The van der Waals surface area contributed by atoms with E-state index in [0.717, 1.165) is 25.0 Å². The summed E-state index contributed by atoms with van der Waals surface area (Å²) in [7, 11) is 0. The number of urea groups is 1. The molecule has 182 valence electrons. The lowest BCUT2D eigenvalue weighted by atomic mass is 9.94. The molecule has 2 atom stereocenters. The number of piperidine rings is 1. The minimum Gasteiger partial charge on any atom is -0.463 e. The van der Waals surface area contributed by atoms with Gasteiger partial charge in [-0.05, 0) is 25.3 Å². The standard InChI is InChI=1S/C21H26F4N4O4/c22-18-8-17(33-21(23,24)25)4-1-14(18)9-27-19(31)29(15-2-3-15)16-7-13(12-30)10-28(11-16)20-26-5-6-32-20/h1,4,8,13,15-16,30H,2-3,5-7,9-12H2,(H,27,31). The summed E-state index contributed by atoms with van der Waals surface area (Å²) in [6.07, 6.45) is -2.60. The van der Waals surface area contributed by atoms with Crippen molar-refractivity contribution in [3.8, 4) is 5.75 Å². The highest BCUT2D eigenvalue weighted by atomic mass is 19.4. The number of carbonyl (C=O) groups excluding carboxylic acids is 1. The first-order chi connectivity index (χ1) is 15.7. The second kappa shape index (κ2) is 9.62. The maximum Gasteiger partial charge on any atom is 0.573 e. The number of amidine groups is 1. The van der Waals surface area contributed by atoms with Crippen LogP contribution in [0.4, 0.5) is 22.4 Å². The van der Waals surface area contributed by atoms with Gasteiger partial charge in [0.1, 0.15) is 18.2 Å². The molecule has 1 aromatic rings. The molecule has 1 saturated carbocycles. The Labute approximate surface area is 188 Å². The minimum absolute atomic E-state index is 0.0298. The molecule has 2 aliphatic heterocycles. The molecule has 8 nitrogen and oxygen atoms in total. The number of hydrogen-bond acceptors (Lipinski definition) is 6. The van der Waals surface area contributed by atoms with Crippen LogP contribution in [0.25, 0.3) is 0 Å². The molecule has 33 heavy (non-hydrogen) atoms. The van der Waals surface area contributed by atoms with Crippen molar-refractivity contribution < 1.29 is 36.9 Å². The lowest BCUT2D eigenvalue weighted by Gasteiger charge is -2.42. The molecule has 1 aliphatic carbocycles. The molecule has 0 radical (unpaired) electrons. The van der Waals surface area contributed by atoms with E-state index >= 15 is 0 Å². The molecular weight excluding hydrogens is 448 g/mol. The molecular formula is C21H26F4N4O4. The predicted molar refractivity (Wildman–Crippen MR) is 109 cm³/mol. The Balaban J connectivity index is 1.41. The zero-order valence-electron chi connectivity index (χ0n) is 17.9. The van der Waals surface area contributed by atoms with E-state index < -0.39 is 17.9 Å². The van der Waals surface area contributed by atoms with Crippen molar-refractivity contribution in [3.63, 3.8) is 0 Å². The van der Waals surface area contributed by atoms with Crippen LogP contribution in [0.5, 0.6) is 5.75 Å². The molecule has 4 rings (SSSR count). The summed E-state index contributed by atoms with van der Waals surface area (Å²) in [6, 6.07) is 2.79. The summed E-state index contributed by atoms with van der Waals surface area (Å²) in [5.41, 5.74) is 0.0424. The second-order valence-electron chi connectivity index (χ2n) is 8.45. The van der Waals surface area contributed by atoms with Crippen molar-refractivity contribution in [1.82, 2.24) is 15.1 Å². The van der Waals surface area contributed by atoms with Crippen LogP contribution in [0, 0.1) is 11.7 Å². The number of hydrogen-bond donors (Lipinski definition) is 2. The number of aliphatic hydroxyl groups excluding tert-OH is 1. The third kappa shape index (κ3) is 5.98. The molecule has 0 spiro atoms. The average Bonchev–Trinajstić information content (AvgIpc) is 3.42. The highest BCUT2D eigenvalue weighted by Crippen LogP contribution is 2.33. The maximum absolute atomic E-state index is 14.2. The Bertz CT molecular complexity index is 894. The fraction of sp³-hybridized carbons (Fsp3) is 0.619. The molecule has 2 fully saturated rings. The maximum atomic E-state index is 14.2. The smallest absolute Gasteiger partial charge is 0.463 e. The van der Waals surface area contributed by atoms with Crippen molar-refractivity contribution in [1.29, 1.82) is 0 Å². The minimum atomic E-state index is -4.91. The number of nitrogens with one attached hydrogen (secondary N) is 1. The summed E-state index contributed by atoms with van der Waals surface area (Å²) < 4.78 is 60.5. The lowest BCUT2D eigenvalue weighted by Crippen LogP contribution is -2.57. The molecule has 2 N–H and O–H groups in total. The van der Waals surface area contributed by atoms with Crippen LogP contribution in [-0.4, -0.2) is 78.3 Å². The Morgan fingerprint density at radius 3 is 2.70 bits per heavy atom. The van der Waals surface area contributed by atoms with Crippen LogP contribution in [0.3, 0.4) is 0 Å². The molecule has 0 bridgehead atoms. The molecule has 12 heteroatoms. The van der Waals surface area contributed by atoms with Gasteiger partial charge in [0.05, 0.1) is 12.6 Å². The monoisotopic (exact) mass is 474 g/mol. The summed E-state index contributed by atoms with van der Waals surface area (Å²) >= 11 is 0. The summed E-state index contributed by atoms with van der Waals surface area (Å²) in [5.74, 6) is -1.62. The Morgan fingerprint density at radius 2 is 2.09 bits per heavy atom. The number of nitrogens with zero attached hydrogens (tertiary/aromatic N) is 3. The van der Waals surface area contributed by atoms with Gasteiger partial charge in [-0.15, -0.1) is 13.2 Å². The summed E-state index contributed by atoms with van der Waals surface area (Å²) in [6.45, 7) is 1.96. The number of aliphatic hydroxyl groups is 1. The van der Waals surface area contributed by atoms with Crippen LogP contribution in [0.1, 0.15) is 24.8 Å². The second-order valence-corrected chi connectivity index (χ2v) is 8.45. The van der Waals surface area contributed by atoms with E-state index in [-0.39, 0.29) is 42.7 Å². The number of amides is 2. The first kappa shape index (κ1) is 23.4. The number of aliphatic imine (C=N–C) groups is 1. The van der Waals surface area contributed by atoms with Gasteiger partial charge in [0.15, 0.2) is 0 Å². The van der Waals surface area contributed by atoms with E-state index in [9.17, 15) is 27.5 Å². The number of halogens is 4. The number of likely N-dealkylation sites (tertiary alicyclic amines) is 1. The fourth-order valence-electron chi connectivity index (χ4n) is 4.29. The third-order valence-electron chi connectivity index (χ3n) is 5.87. The number of carbonyl (C=O) groups is 1. The van der Waals surface area contributed by atoms with Crippen molar-refractivity contribution in [2.45, 2.75) is 44.3 Å². The number of benzene rings is 1. The van der Waals surface area contributed by atoms with Gasteiger partial charge >= 0.3 is 12.4 Å². The average molecular weight is 474 g/mol. The topological polar surface area (TPSA) is 86.6 Å². The van der Waals surface area contributed by atoms with E-state index in [1.54, 1.807) is 4.90 Å². The molecule has 1 saturated heterocycles. The summed E-state index contributed by atoms with van der Waals surface area (Å²) in [5, 5.41) is 12.5. The Hall–Kier alpha value is -2.76. The predicted octanol–water partition coefficient (Wildman–Crippen LogP) is 2.47. The van der Waals surface area contributed by atoms with Crippen LogP contribution in [-0.2, 0) is 11.3 Å². The number of alkyl halides is 3. The van der Waals surface area contributed by atoms with Gasteiger partial charge in [-0.3, -0.25) is 0 Å². The van der Waals surface area contributed by atoms with Crippen LogP contribution < -0.4 is 10.1 Å². The summed E-state index contributed by atoms with van der Waals surface area (Å²) in [4.78, 5) is 21.1. The van der Waals surface area contributed by atoms with Crippen molar-refractivity contribution in [3.05, 3.63) is 29.6 Å². The third-order valence-corrected chi connectivity index (χ3v) is 5.87. The zero-order valence-corrected chi connectivity index (χ0v) is 17.9. The van der Waals surface area contributed by atoms with Crippen LogP contribution >= 0.6 is 0 Å². The van der Waals surface area contributed by atoms with Gasteiger partial charge in [-0.1, -0.05) is 6.07 Å². The van der Waals surface area contributed by atoms with Crippen molar-refractivity contribution in [2.24, 2.45) is 10.9 Å². The van der Waals surface area contributed by atoms with Gasteiger partial charge in [0.2, 0.25) is 0 Å². The first-order valence-corrected chi connectivity index (χ1v) is 10.9.